The van der Waals surface area contributed by atoms with Crippen LogP contribution in [0.5, 0.6) is 0 Å². The molecule has 108 valence electrons. The van der Waals surface area contributed by atoms with E-state index in [4.69, 9.17) is 11.6 Å². The van der Waals surface area contributed by atoms with Crippen molar-refractivity contribution < 1.29 is 0 Å². The average Bonchev–Trinajstić information content (AvgIpc) is 3.10. The fourth-order valence-corrected chi connectivity index (χ4v) is 2.09. The average molecular weight is 305 g/mol. The number of aryl methyl sites for hydroxylation is 1. The second-order valence-corrected chi connectivity index (χ2v) is 4.91. The van der Waals surface area contributed by atoms with Crippen LogP contribution >= 0.6 is 11.6 Å². The maximum absolute atomic E-state index is 5.96. The van der Waals surface area contributed by atoms with E-state index < -0.39 is 0 Å². The lowest BCUT2D eigenvalue weighted by Crippen LogP contribution is -2.12. The summed E-state index contributed by atoms with van der Waals surface area (Å²) in [6, 6.07) is 7.33. The first-order chi connectivity index (χ1) is 10.3. The summed E-state index contributed by atoms with van der Waals surface area (Å²) in [5, 5.41) is 24.6. The SMILES string of the molecule is CCCn1nnnc1Cn1nnc(-c2cccc(Cl)c2)n1. The van der Waals surface area contributed by atoms with E-state index in [0.29, 0.717) is 23.2 Å². The first-order valence-electron chi connectivity index (χ1n) is 6.55. The molecule has 0 radical (unpaired) electrons. The monoisotopic (exact) mass is 304 g/mol. The minimum atomic E-state index is 0.376. The van der Waals surface area contributed by atoms with E-state index in [0.717, 1.165) is 18.5 Å². The number of aromatic nitrogens is 8. The number of halogens is 1. The van der Waals surface area contributed by atoms with Crippen molar-refractivity contribution in [3.63, 3.8) is 0 Å². The number of hydrogen-bond acceptors (Lipinski definition) is 6. The molecule has 0 amide bonds. The van der Waals surface area contributed by atoms with Crippen molar-refractivity contribution in [1.29, 1.82) is 0 Å². The van der Waals surface area contributed by atoms with Crippen LogP contribution in [0.1, 0.15) is 19.2 Å². The Kier molecular flexibility index (Phi) is 3.87. The predicted octanol–water partition coefficient (Wildman–Crippen LogP) is 1.44. The minimum absolute atomic E-state index is 0.376. The normalized spacial score (nSPS) is 11.0. The van der Waals surface area contributed by atoms with Crippen molar-refractivity contribution >= 4 is 11.6 Å². The largest absolute Gasteiger partial charge is 0.228 e. The van der Waals surface area contributed by atoms with Crippen molar-refractivity contribution in [3.8, 4) is 11.4 Å². The van der Waals surface area contributed by atoms with Crippen molar-refractivity contribution in [1.82, 2.24) is 40.4 Å². The molecule has 2 aromatic heterocycles. The quantitative estimate of drug-likeness (QED) is 0.709. The number of tetrazole rings is 2. The number of nitrogens with zero attached hydrogens (tertiary/aromatic N) is 8. The molecule has 0 bridgehead atoms. The lowest BCUT2D eigenvalue weighted by Gasteiger charge is -2.00. The van der Waals surface area contributed by atoms with Gasteiger partial charge in [-0.25, -0.2) is 4.68 Å². The molecule has 9 heteroatoms. The summed E-state index contributed by atoms with van der Waals surface area (Å²) in [6.07, 6.45) is 0.955. The van der Waals surface area contributed by atoms with Crippen molar-refractivity contribution in [2.45, 2.75) is 26.4 Å². The Bertz CT molecular complexity index is 734. The molecule has 1 aromatic carbocycles. The van der Waals surface area contributed by atoms with E-state index in [1.54, 1.807) is 16.8 Å². The maximum atomic E-state index is 5.96. The molecule has 21 heavy (non-hydrogen) atoms. The fourth-order valence-electron chi connectivity index (χ4n) is 1.90. The summed E-state index contributed by atoms with van der Waals surface area (Å²) >= 11 is 5.96. The number of rotatable bonds is 5. The van der Waals surface area contributed by atoms with Crippen molar-refractivity contribution in [2.75, 3.05) is 0 Å². The first kappa shape index (κ1) is 13.6. The summed E-state index contributed by atoms with van der Waals surface area (Å²) in [6.45, 7) is 3.20. The van der Waals surface area contributed by atoms with E-state index in [2.05, 4.69) is 37.9 Å². The Morgan fingerprint density at radius 2 is 2.10 bits per heavy atom. The maximum Gasteiger partial charge on any atom is 0.204 e. The van der Waals surface area contributed by atoms with Crippen molar-refractivity contribution in [2.24, 2.45) is 0 Å². The molecule has 0 unspecified atom stereocenters. The zero-order chi connectivity index (χ0) is 14.7. The topological polar surface area (TPSA) is 87.2 Å². The van der Waals surface area contributed by atoms with Gasteiger partial charge < -0.3 is 0 Å². The molecule has 3 rings (SSSR count). The zero-order valence-electron chi connectivity index (χ0n) is 11.4. The Morgan fingerprint density at radius 3 is 2.90 bits per heavy atom. The van der Waals surface area contributed by atoms with Gasteiger partial charge in [-0.3, -0.25) is 0 Å². The fraction of sp³-hybridized carbons (Fsp3) is 0.333. The summed E-state index contributed by atoms with van der Waals surface area (Å²) in [5.41, 5.74) is 0.821. The van der Waals surface area contributed by atoms with Gasteiger partial charge in [-0.1, -0.05) is 30.7 Å². The molecule has 0 N–H and O–H groups in total. The molecule has 8 nitrogen and oxygen atoms in total. The lowest BCUT2D eigenvalue weighted by atomic mass is 10.2. The molecule has 0 spiro atoms. The van der Waals surface area contributed by atoms with Gasteiger partial charge in [0.15, 0.2) is 5.82 Å². The van der Waals surface area contributed by atoms with Gasteiger partial charge in [0.05, 0.1) is 0 Å². The van der Waals surface area contributed by atoms with Crippen LogP contribution in [0.15, 0.2) is 24.3 Å². The molecular formula is C12H13ClN8. The molecule has 0 fully saturated rings. The predicted molar refractivity (Wildman–Crippen MR) is 75.5 cm³/mol. The van der Waals surface area contributed by atoms with Crippen LogP contribution in [0.4, 0.5) is 0 Å². The highest BCUT2D eigenvalue weighted by Gasteiger charge is 2.10. The van der Waals surface area contributed by atoms with Crippen LogP contribution in [0.2, 0.25) is 5.02 Å². The molecule has 0 saturated heterocycles. The molecule has 0 saturated carbocycles. The van der Waals surface area contributed by atoms with Gasteiger partial charge in [-0.2, -0.15) is 4.80 Å². The second kappa shape index (κ2) is 5.96. The third-order valence-electron chi connectivity index (χ3n) is 2.86. The van der Waals surface area contributed by atoms with Gasteiger partial charge in [-0.15, -0.1) is 15.3 Å². The highest BCUT2D eigenvalue weighted by molar-refractivity contribution is 6.30. The standard InChI is InChI=1S/C12H13ClN8/c1-2-6-20-11(14-17-19-20)8-21-16-12(15-18-21)9-4-3-5-10(13)7-9/h3-5,7H,2,6,8H2,1H3. The Balaban J connectivity index is 1.80. The molecule has 0 aliphatic heterocycles. The van der Waals surface area contributed by atoms with Gasteiger partial charge in [-0.05, 0) is 34.2 Å². The highest BCUT2D eigenvalue weighted by Crippen LogP contribution is 2.18. The van der Waals surface area contributed by atoms with Crippen LogP contribution in [-0.4, -0.2) is 40.4 Å². The third-order valence-corrected chi connectivity index (χ3v) is 3.10. The van der Waals surface area contributed by atoms with Gasteiger partial charge in [0.25, 0.3) is 0 Å². The van der Waals surface area contributed by atoms with Crippen LogP contribution in [0, 0.1) is 0 Å². The summed E-state index contributed by atoms with van der Waals surface area (Å²) in [4.78, 5) is 1.47. The molecule has 2 heterocycles. The van der Waals surface area contributed by atoms with E-state index in [9.17, 15) is 0 Å². The molecule has 0 aliphatic carbocycles. The summed E-state index contributed by atoms with van der Waals surface area (Å²) < 4.78 is 1.74. The van der Waals surface area contributed by atoms with Crippen LogP contribution in [0.3, 0.4) is 0 Å². The van der Waals surface area contributed by atoms with Crippen LogP contribution in [-0.2, 0) is 13.1 Å². The second-order valence-electron chi connectivity index (χ2n) is 4.47. The summed E-state index contributed by atoms with van der Waals surface area (Å²) in [5.74, 6) is 1.22. The van der Waals surface area contributed by atoms with Gasteiger partial charge in [0, 0.05) is 17.1 Å². The minimum Gasteiger partial charge on any atom is -0.228 e. The zero-order valence-corrected chi connectivity index (χ0v) is 12.1. The van der Waals surface area contributed by atoms with Gasteiger partial charge in [0.2, 0.25) is 5.82 Å². The van der Waals surface area contributed by atoms with E-state index >= 15 is 0 Å². The molecular weight excluding hydrogens is 292 g/mol. The van der Waals surface area contributed by atoms with Gasteiger partial charge >= 0.3 is 0 Å². The number of hydrogen-bond donors (Lipinski definition) is 0. The first-order valence-corrected chi connectivity index (χ1v) is 6.93. The summed E-state index contributed by atoms with van der Waals surface area (Å²) in [7, 11) is 0. The van der Waals surface area contributed by atoms with E-state index in [1.165, 1.54) is 4.80 Å². The lowest BCUT2D eigenvalue weighted by molar-refractivity contribution is 0.500. The molecule has 0 atom stereocenters. The van der Waals surface area contributed by atoms with E-state index in [1.807, 2.05) is 12.1 Å². The Labute approximate surface area is 125 Å². The Hall–Kier alpha value is -2.35. The van der Waals surface area contributed by atoms with Gasteiger partial charge in [0.1, 0.15) is 6.54 Å². The van der Waals surface area contributed by atoms with Crippen LogP contribution in [0.25, 0.3) is 11.4 Å². The molecule has 3 aromatic rings. The third kappa shape index (κ3) is 3.05. The number of benzene rings is 1. The molecule has 0 aliphatic rings. The van der Waals surface area contributed by atoms with Crippen molar-refractivity contribution in [3.05, 3.63) is 35.1 Å². The highest BCUT2D eigenvalue weighted by atomic mass is 35.5. The smallest absolute Gasteiger partial charge is 0.204 e. The Morgan fingerprint density at radius 1 is 1.19 bits per heavy atom. The van der Waals surface area contributed by atoms with E-state index in [-0.39, 0.29) is 0 Å². The van der Waals surface area contributed by atoms with Crippen LogP contribution < -0.4 is 0 Å².